The van der Waals surface area contributed by atoms with Crippen LogP contribution in [-0.2, 0) is 11.0 Å². The molecule has 20 heavy (non-hydrogen) atoms. The summed E-state index contributed by atoms with van der Waals surface area (Å²) in [5, 5.41) is 0.407. The Labute approximate surface area is 120 Å². The summed E-state index contributed by atoms with van der Waals surface area (Å²) in [6.07, 6.45) is -3.60. The zero-order valence-corrected chi connectivity index (χ0v) is 12.4. The van der Waals surface area contributed by atoms with Crippen LogP contribution in [0.3, 0.4) is 0 Å². The first-order valence-corrected chi connectivity index (χ1v) is 7.08. The van der Waals surface area contributed by atoms with Crippen LogP contribution in [0.1, 0.15) is 19.4 Å². The van der Waals surface area contributed by atoms with Crippen LogP contribution in [0.4, 0.5) is 13.2 Å². The van der Waals surface area contributed by atoms with Crippen molar-refractivity contribution in [2.24, 2.45) is 5.92 Å². The molecule has 0 fully saturated rings. The SMILES string of the molecule is CC(C)CN(C)C(=O)CSc1ccc(C(F)(F)F)cn1. The van der Waals surface area contributed by atoms with E-state index in [1.165, 1.54) is 6.07 Å². The first-order valence-electron chi connectivity index (χ1n) is 6.10. The highest BCUT2D eigenvalue weighted by Crippen LogP contribution is 2.29. The van der Waals surface area contributed by atoms with Gasteiger partial charge in [-0.1, -0.05) is 25.6 Å². The van der Waals surface area contributed by atoms with Crippen LogP contribution < -0.4 is 0 Å². The largest absolute Gasteiger partial charge is 0.417 e. The van der Waals surface area contributed by atoms with Crippen molar-refractivity contribution in [1.82, 2.24) is 9.88 Å². The molecular weight excluding hydrogens is 289 g/mol. The van der Waals surface area contributed by atoms with Crippen molar-refractivity contribution in [2.75, 3.05) is 19.3 Å². The van der Waals surface area contributed by atoms with Crippen LogP contribution in [0.2, 0.25) is 0 Å². The monoisotopic (exact) mass is 306 g/mol. The van der Waals surface area contributed by atoms with E-state index in [1.54, 1.807) is 11.9 Å². The van der Waals surface area contributed by atoms with Gasteiger partial charge in [0.05, 0.1) is 16.3 Å². The fraction of sp³-hybridized carbons (Fsp3) is 0.538. The second-order valence-corrected chi connectivity index (χ2v) is 5.84. The predicted octanol–water partition coefficient (Wildman–Crippen LogP) is 3.31. The van der Waals surface area contributed by atoms with Crippen LogP contribution >= 0.6 is 11.8 Å². The van der Waals surface area contributed by atoms with E-state index < -0.39 is 11.7 Å². The van der Waals surface area contributed by atoms with Gasteiger partial charge in [-0.25, -0.2) is 4.98 Å². The lowest BCUT2D eigenvalue weighted by Crippen LogP contribution is -2.31. The van der Waals surface area contributed by atoms with Gasteiger partial charge in [0.2, 0.25) is 5.91 Å². The predicted molar refractivity (Wildman–Crippen MR) is 72.4 cm³/mol. The Morgan fingerprint density at radius 1 is 1.40 bits per heavy atom. The van der Waals surface area contributed by atoms with Gasteiger partial charge in [-0.3, -0.25) is 4.79 Å². The first kappa shape index (κ1) is 16.8. The van der Waals surface area contributed by atoms with Gasteiger partial charge < -0.3 is 4.90 Å². The molecule has 0 aromatic carbocycles. The van der Waals surface area contributed by atoms with Crippen LogP contribution in [-0.4, -0.2) is 35.1 Å². The van der Waals surface area contributed by atoms with E-state index in [0.717, 1.165) is 24.0 Å². The number of carbonyl (C=O) groups is 1. The molecule has 0 atom stereocenters. The maximum Gasteiger partial charge on any atom is 0.417 e. The molecule has 0 N–H and O–H groups in total. The molecular formula is C13H17F3N2OS. The Balaban J connectivity index is 2.52. The number of nitrogens with zero attached hydrogens (tertiary/aromatic N) is 2. The van der Waals surface area contributed by atoms with Crippen LogP contribution in [0.25, 0.3) is 0 Å². The number of hydrogen-bond donors (Lipinski definition) is 0. The van der Waals surface area contributed by atoms with Gasteiger partial charge in [-0.15, -0.1) is 0 Å². The van der Waals surface area contributed by atoms with Crippen LogP contribution in [0.5, 0.6) is 0 Å². The van der Waals surface area contributed by atoms with E-state index in [1.807, 2.05) is 13.8 Å². The van der Waals surface area contributed by atoms with Crippen molar-refractivity contribution in [3.8, 4) is 0 Å². The standard InChI is InChI=1S/C13H17F3N2OS/c1-9(2)7-18(3)12(19)8-20-11-5-4-10(6-17-11)13(14,15)16/h4-6,9H,7-8H2,1-3H3. The molecule has 0 spiro atoms. The van der Waals surface area contributed by atoms with E-state index >= 15 is 0 Å². The highest BCUT2D eigenvalue weighted by atomic mass is 32.2. The van der Waals surface area contributed by atoms with Crippen molar-refractivity contribution < 1.29 is 18.0 Å². The molecule has 0 unspecified atom stereocenters. The minimum atomic E-state index is -4.39. The van der Waals surface area contributed by atoms with Crippen molar-refractivity contribution in [3.05, 3.63) is 23.9 Å². The van der Waals surface area contributed by atoms with Gasteiger partial charge in [-0.2, -0.15) is 13.2 Å². The molecule has 0 aliphatic heterocycles. The maximum atomic E-state index is 12.4. The molecule has 0 aliphatic rings. The van der Waals surface area contributed by atoms with E-state index in [2.05, 4.69) is 4.98 Å². The van der Waals surface area contributed by atoms with Gasteiger partial charge in [0.15, 0.2) is 0 Å². The summed E-state index contributed by atoms with van der Waals surface area (Å²) in [6.45, 7) is 4.67. The normalized spacial score (nSPS) is 11.8. The van der Waals surface area contributed by atoms with Crippen LogP contribution in [0, 0.1) is 5.92 Å². The number of alkyl halides is 3. The minimum absolute atomic E-state index is 0.0644. The highest BCUT2D eigenvalue weighted by molar-refractivity contribution is 7.99. The molecule has 0 saturated heterocycles. The van der Waals surface area contributed by atoms with Crippen molar-refractivity contribution in [2.45, 2.75) is 25.0 Å². The number of rotatable bonds is 5. The van der Waals surface area contributed by atoms with Crippen molar-refractivity contribution >= 4 is 17.7 Å². The first-order chi connectivity index (χ1) is 9.20. The van der Waals surface area contributed by atoms with Crippen molar-refractivity contribution in [3.63, 3.8) is 0 Å². The fourth-order valence-corrected chi connectivity index (χ4v) is 2.31. The molecule has 1 amide bonds. The summed E-state index contributed by atoms with van der Waals surface area (Å²) >= 11 is 1.13. The lowest BCUT2D eigenvalue weighted by Gasteiger charge is -2.18. The van der Waals surface area contributed by atoms with E-state index in [-0.39, 0.29) is 11.7 Å². The maximum absolute atomic E-state index is 12.4. The summed E-state index contributed by atoms with van der Waals surface area (Å²) in [5.41, 5.74) is -0.787. The Hall–Kier alpha value is -1.24. The number of hydrogen-bond acceptors (Lipinski definition) is 3. The van der Waals surface area contributed by atoms with E-state index in [9.17, 15) is 18.0 Å². The summed E-state index contributed by atoms with van der Waals surface area (Å²) < 4.78 is 37.1. The van der Waals surface area contributed by atoms with E-state index in [4.69, 9.17) is 0 Å². The molecule has 1 heterocycles. The molecule has 0 bridgehead atoms. The summed E-state index contributed by atoms with van der Waals surface area (Å²) in [4.78, 5) is 17.1. The molecule has 0 radical (unpaired) electrons. The minimum Gasteiger partial charge on any atom is -0.345 e. The molecule has 7 heteroatoms. The number of halogens is 3. The molecule has 0 saturated carbocycles. The third kappa shape index (κ3) is 5.40. The molecule has 1 aromatic rings. The third-order valence-corrected chi connectivity index (χ3v) is 3.40. The topological polar surface area (TPSA) is 33.2 Å². The number of thioether (sulfide) groups is 1. The summed E-state index contributed by atoms with van der Waals surface area (Å²) in [7, 11) is 1.71. The van der Waals surface area contributed by atoms with Crippen LogP contribution in [0.15, 0.2) is 23.4 Å². The molecule has 1 rings (SSSR count). The molecule has 112 valence electrons. The third-order valence-electron chi connectivity index (χ3n) is 2.47. The number of pyridine rings is 1. The second kappa shape index (κ2) is 6.97. The number of carbonyl (C=O) groups excluding carboxylic acids is 1. The Morgan fingerprint density at radius 2 is 2.05 bits per heavy atom. The smallest absolute Gasteiger partial charge is 0.345 e. The van der Waals surface area contributed by atoms with E-state index in [0.29, 0.717) is 17.5 Å². The number of aromatic nitrogens is 1. The molecule has 1 aromatic heterocycles. The van der Waals surface area contributed by atoms with Gasteiger partial charge in [-0.05, 0) is 18.1 Å². The Kier molecular flexibility index (Phi) is 5.86. The fourth-order valence-electron chi connectivity index (χ4n) is 1.53. The summed E-state index contributed by atoms with van der Waals surface area (Å²) in [6, 6.07) is 2.25. The average molecular weight is 306 g/mol. The lowest BCUT2D eigenvalue weighted by molar-refractivity contribution is -0.138. The average Bonchev–Trinajstić information content (AvgIpc) is 2.34. The zero-order chi connectivity index (χ0) is 15.3. The van der Waals surface area contributed by atoms with Gasteiger partial charge in [0.25, 0.3) is 0 Å². The van der Waals surface area contributed by atoms with Gasteiger partial charge in [0, 0.05) is 19.8 Å². The Morgan fingerprint density at radius 3 is 2.50 bits per heavy atom. The van der Waals surface area contributed by atoms with Gasteiger partial charge >= 0.3 is 6.18 Å². The quantitative estimate of drug-likeness (QED) is 0.783. The second-order valence-electron chi connectivity index (χ2n) is 4.84. The Bertz CT molecular complexity index is 446. The van der Waals surface area contributed by atoms with Gasteiger partial charge in [0.1, 0.15) is 0 Å². The van der Waals surface area contributed by atoms with Crippen molar-refractivity contribution in [1.29, 1.82) is 0 Å². The molecule has 3 nitrogen and oxygen atoms in total. The zero-order valence-electron chi connectivity index (χ0n) is 11.6. The highest BCUT2D eigenvalue weighted by Gasteiger charge is 2.30. The summed E-state index contributed by atoms with van der Waals surface area (Å²) in [5.74, 6) is 0.477. The molecule has 0 aliphatic carbocycles. The lowest BCUT2D eigenvalue weighted by atomic mass is 10.2. The number of amides is 1.